The van der Waals surface area contributed by atoms with Crippen LogP contribution in [0.1, 0.15) is 42.9 Å². The summed E-state index contributed by atoms with van der Waals surface area (Å²) in [5, 5.41) is 0.481. The number of likely N-dealkylation sites (N-methyl/N-ethyl adjacent to an activating group) is 1. The molecule has 10 nitrogen and oxygen atoms in total. The molecule has 0 aliphatic carbocycles. The normalized spacial score (nSPS) is 21.5. The number of pyridine rings is 1. The standard InChI is InChI=1S/C39H37F5N8O2/c1-21-32(42)29(47-22(2)46-21)10-11-30(53)51-15-12-25(19-51)50(3)37-27-17-45-35(26-7-4-6-23-8-9-28(41)33(43)31(23)26)34(44)36(27)48-38(49-37)54-20-39-13-5-14-52(39)18-24(40)16-39/h4,6-11,17,24-25H,5,12-16,18-20H2,1-3H3/b11-10+/t24-,25-,39+/m1/s1. The van der Waals surface area contributed by atoms with Gasteiger partial charge in [-0.2, -0.15) is 9.97 Å². The van der Waals surface area contributed by atoms with Gasteiger partial charge in [0.25, 0.3) is 0 Å². The molecule has 0 unspecified atom stereocenters. The molecule has 0 saturated carbocycles. The number of likely N-dealkylation sites (tertiary alicyclic amines) is 1. The third kappa shape index (κ3) is 6.27. The minimum Gasteiger partial charge on any atom is -0.461 e. The highest BCUT2D eigenvalue weighted by Gasteiger charge is 2.49. The Bertz CT molecular complexity index is 2340. The van der Waals surface area contributed by atoms with Crippen molar-refractivity contribution >= 4 is 39.5 Å². The van der Waals surface area contributed by atoms with E-state index in [2.05, 4.69) is 24.8 Å². The van der Waals surface area contributed by atoms with Crippen molar-refractivity contribution in [1.29, 1.82) is 0 Å². The van der Waals surface area contributed by atoms with Crippen molar-refractivity contribution < 1.29 is 31.5 Å². The van der Waals surface area contributed by atoms with Crippen LogP contribution in [0.5, 0.6) is 6.01 Å². The molecule has 3 aliphatic rings. The second-order valence-electron chi connectivity index (χ2n) is 14.4. The molecule has 1 amide bonds. The van der Waals surface area contributed by atoms with E-state index < -0.39 is 35.0 Å². The van der Waals surface area contributed by atoms with Gasteiger partial charge in [-0.1, -0.05) is 24.3 Å². The molecule has 0 radical (unpaired) electrons. The molecule has 3 fully saturated rings. The predicted octanol–water partition coefficient (Wildman–Crippen LogP) is 6.51. The van der Waals surface area contributed by atoms with Gasteiger partial charge in [-0.15, -0.1) is 0 Å². The Balaban J connectivity index is 1.14. The number of hydrogen-bond acceptors (Lipinski definition) is 9. The molecule has 6 heterocycles. The highest BCUT2D eigenvalue weighted by atomic mass is 19.2. The molecule has 15 heteroatoms. The van der Waals surface area contributed by atoms with E-state index in [1.54, 1.807) is 31.0 Å². The molecule has 0 N–H and O–H groups in total. The van der Waals surface area contributed by atoms with Gasteiger partial charge in [-0.3, -0.25) is 14.7 Å². The zero-order valence-corrected chi connectivity index (χ0v) is 29.9. The molecule has 3 saturated heterocycles. The smallest absolute Gasteiger partial charge is 0.319 e. The van der Waals surface area contributed by atoms with Crippen molar-refractivity contribution in [3.8, 4) is 17.3 Å². The summed E-state index contributed by atoms with van der Waals surface area (Å²) in [7, 11) is 1.76. The Morgan fingerprint density at radius 2 is 1.85 bits per heavy atom. The first-order valence-corrected chi connectivity index (χ1v) is 17.9. The SMILES string of the molecule is Cc1nc(C)c(F)c(/C=C/C(=O)N2CC[C@@H](N(C)c3nc(OC[C@@]45CCCN4C[C@H](F)C5)nc4c(F)c(-c5cccc6ccc(F)c(F)c56)ncc34)C2)n1. The fourth-order valence-electron chi connectivity index (χ4n) is 8.22. The number of anilines is 1. The zero-order chi connectivity index (χ0) is 37.9. The Hall–Kier alpha value is -5.31. The highest BCUT2D eigenvalue weighted by Crippen LogP contribution is 2.41. The van der Waals surface area contributed by atoms with Crippen LogP contribution >= 0.6 is 0 Å². The summed E-state index contributed by atoms with van der Waals surface area (Å²) in [4.78, 5) is 40.4. The van der Waals surface area contributed by atoms with Crippen molar-refractivity contribution in [2.45, 2.75) is 57.3 Å². The Kier molecular flexibility index (Phi) is 9.15. The van der Waals surface area contributed by atoms with Crippen LogP contribution < -0.4 is 9.64 Å². The minimum atomic E-state index is -1.12. The lowest BCUT2D eigenvalue weighted by Crippen LogP contribution is -2.43. The summed E-state index contributed by atoms with van der Waals surface area (Å²) in [5.41, 5.74) is -0.659. The number of benzene rings is 2. The van der Waals surface area contributed by atoms with Crippen LogP contribution in [0.3, 0.4) is 0 Å². The molecule has 54 heavy (non-hydrogen) atoms. The molecular formula is C39H37F5N8O2. The van der Waals surface area contributed by atoms with Gasteiger partial charge in [-0.05, 0) is 57.2 Å². The van der Waals surface area contributed by atoms with Gasteiger partial charge in [0.1, 0.15) is 41.3 Å². The molecule has 2 aromatic carbocycles. The average Bonchev–Trinajstić information content (AvgIpc) is 3.88. The van der Waals surface area contributed by atoms with Crippen molar-refractivity contribution in [3.05, 3.63) is 83.1 Å². The van der Waals surface area contributed by atoms with E-state index in [1.165, 1.54) is 37.4 Å². The van der Waals surface area contributed by atoms with Crippen LogP contribution in [0.15, 0.2) is 42.6 Å². The Morgan fingerprint density at radius 3 is 2.69 bits per heavy atom. The number of carbonyl (C=O) groups is 1. The molecule has 8 rings (SSSR count). The molecule has 3 aromatic heterocycles. The quantitative estimate of drug-likeness (QED) is 0.130. The van der Waals surface area contributed by atoms with E-state index in [1.807, 2.05) is 4.90 Å². The highest BCUT2D eigenvalue weighted by molar-refractivity contribution is 5.99. The van der Waals surface area contributed by atoms with Gasteiger partial charge >= 0.3 is 6.01 Å². The Labute approximate surface area is 307 Å². The van der Waals surface area contributed by atoms with Crippen LogP contribution in [0.4, 0.5) is 27.8 Å². The number of ether oxygens (including phenoxy) is 1. The number of nitrogens with zero attached hydrogens (tertiary/aromatic N) is 8. The zero-order valence-electron chi connectivity index (χ0n) is 29.9. The molecule has 0 spiro atoms. The van der Waals surface area contributed by atoms with E-state index in [-0.39, 0.29) is 75.9 Å². The van der Waals surface area contributed by atoms with Crippen LogP contribution in [-0.4, -0.2) is 98.2 Å². The largest absolute Gasteiger partial charge is 0.461 e. The van der Waals surface area contributed by atoms with Gasteiger partial charge in [0.05, 0.1) is 16.6 Å². The third-order valence-corrected chi connectivity index (χ3v) is 11.0. The van der Waals surface area contributed by atoms with E-state index in [9.17, 15) is 18.0 Å². The monoisotopic (exact) mass is 744 g/mol. The number of halogens is 5. The van der Waals surface area contributed by atoms with E-state index in [0.29, 0.717) is 37.1 Å². The van der Waals surface area contributed by atoms with Crippen LogP contribution in [0.2, 0.25) is 0 Å². The van der Waals surface area contributed by atoms with Crippen molar-refractivity contribution in [1.82, 2.24) is 34.7 Å². The molecule has 0 bridgehead atoms. The van der Waals surface area contributed by atoms with Crippen molar-refractivity contribution in [2.24, 2.45) is 0 Å². The lowest BCUT2D eigenvalue weighted by Gasteiger charge is -2.31. The summed E-state index contributed by atoms with van der Waals surface area (Å²) in [6.07, 6.45) is 5.49. The first-order chi connectivity index (χ1) is 25.9. The van der Waals surface area contributed by atoms with E-state index >= 15 is 8.78 Å². The average molecular weight is 745 g/mol. The molecule has 5 aromatic rings. The molecular weight excluding hydrogens is 707 g/mol. The second-order valence-corrected chi connectivity index (χ2v) is 14.4. The van der Waals surface area contributed by atoms with Gasteiger partial charge in [0.2, 0.25) is 5.91 Å². The van der Waals surface area contributed by atoms with Crippen molar-refractivity contribution in [3.63, 3.8) is 0 Å². The lowest BCUT2D eigenvalue weighted by molar-refractivity contribution is -0.124. The number of alkyl halides is 1. The number of rotatable bonds is 8. The molecule has 3 aliphatic heterocycles. The maximum Gasteiger partial charge on any atom is 0.319 e. The summed E-state index contributed by atoms with van der Waals surface area (Å²) in [6.45, 7) is 5.00. The van der Waals surface area contributed by atoms with Gasteiger partial charge < -0.3 is 14.5 Å². The summed E-state index contributed by atoms with van der Waals surface area (Å²) >= 11 is 0. The number of aromatic nitrogens is 5. The van der Waals surface area contributed by atoms with Gasteiger partial charge in [0.15, 0.2) is 23.3 Å². The Morgan fingerprint density at radius 1 is 1.02 bits per heavy atom. The maximum absolute atomic E-state index is 16.8. The number of carbonyl (C=O) groups excluding carboxylic acids is 1. The number of fused-ring (bicyclic) bond motifs is 3. The van der Waals surface area contributed by atoms with E-state index in [4.69, 9.17) is 9.72 Å². The maximum atomic E-state index is 16.8. The first kappa shape index (κ1) is 35.7. The van der Waals surface area contributed by atoms with Gasteiger partial charge in [0, 0.05) is 62.4 Å². The summed E-state index contributed by atoms with van der Waals surface area (Å²) in [5.74, 6) is -3.36. The molecule has 280 valence electrons. The topological polar surface area (TPSA) is 100 Å². The van der Waals surface area contributed by atoms with Crippen molar-refractivity contribution in [2.75, 3.05) is 44.7 Å². The second kappa shape index (κ2) is 13.8. The fourth-order valence-corrected chi connectivity index (χ4v) is 8.22. The van der Waals surface area contributed by atoms with Crippen LogP contribution in [0.25, 0.3) is 39.0 Å². The molecule has 3 atom stereocenters. The van der Waals surface area contributed by atoms with E-state index in [0.717, 1.165) is 25.5 Å². The number of amides is 1. The van der Waals surface area contributed by atoms with Crippen LogP contribution in [-0.2, 0) is 4.79 Å². The number of aryl methyl sites for hydroxylation is 2. The fraction of sp³-hybridized carbons (Fsp3) is 0.385. The third-order valence-electron chi connectivity index (χ3n) is 11.0. The lowest BCUT2D eigenvalue weighted by atomic mass is 9.95. The summed E-state index contributed by atoms with van der Waals surface area (Å²) in [6, 6.07) is 6.68. The van der Waals surface area contributed by atoms with Gasteiger partial charge in [-0.25, -0.2) is 31.9 Å². The predicted molar refractivity (Wildman–Crippen MR) is 193 cm³/mol. The minimum absolute atomic E-state index is 0.0198. The first-order valence-electron chi connectivity index (χ1n) is 17.9. The van der Waals surface area contributed by atoms with Crippen LogP contribution in [0, 0.1) is 37.1 Å². The number of hydrogen-bond donors (Lipinski definition) is 0. The summed E-state index contributed by atoms with van der Waals surface area (Å²) < 4.78 is 81.7.